The summed E-state index contributed by atoms with van der Waals surface area (Å²) in [6.07, 6.45) is 5.34. The van der Waals surface area contributed by atoms with Crippen LogP contribution in [0.2, 0.25) is 0 Å². The molecule has 0 bridgehead atoms. The predicted molar refractivity (Wildman–Crippen MR) is 95.4 cm³/mol. The Kier molecular flexibility index (Phi) is 4.97. The van der Waals surface area contributed by atoms with Gasteiger partial charge in [0.05, 0.1) is 4.90 Å². The molecule has 0 saturated heterocycles. The Hall–Kier alpha value is -2.18. The van der Waals surface area contributed by atoms with Crippen molar-refractivity contribution >= 4 is 21.1 Å². The zero-order chi connectivity index (χ0) is 17.0. The van der Waals surface area contributed by atoms with Crippen molar-refractivity contribution < 1.29 is 8.42 Å². The third-order valence-corrected chi connectivity index (χ3v) is 5.51. The second-order valence-electron chi connectivity index (χ2n) is 5.67. The summed E-state index contributed by atoms with van der Waals surface area (Å²) in [6.45, 7) is 3.16. The van der Waals surface area contributed by atoms with Crippen LogP contribution in [0.1, 0.15) is 18.9 Å². The molecule has 0 fully saturated rings. The molecular weight excluding hydrogens is 322 g/mol. The smallest absolute Gasteiger partial charge is 0.240 e. The van der Waals surface area contributed by atoms with Gasteiger partial charge in [0, 0.05) is 30.9 Å². The molecule has 24 heavy (non-hydrogen) atoms. The third-order valence-electron chi connectivity index (χ3n) is 4.03. The van der Waals surface area contributed by atoms with E-state index in [2.05, 4.69) is 9.71 Å². The van der Waals surface area contributed by atoms with Crippen LogP contribution in [-0.4, -0.2) is 24.5 Å². The molecule has 0 spiro atoms. The van der Waals surface area contributed by atoms with E-state index in [0.29, 0.717) is 17.9 Å². The van der Waals surface area contributed by atoms with Crippen molar-refractivity contribution in [3.8, 4) is 0 Å². The first-order valence-corrected chi connectivity index (χ1v) is 9.57. The number of aromatic nitrogens is 2. The van der Waals surface area contributed by atoms with E-state index in [9.17, 15) is 8.42 Å². The number of pyridine rings is 1. The molecule has 0 aliphatic heterocycles. The van der Waals surface area contributed by atoms with Crippen molar-refractivity contribution in [2.24, 2.45) is 0 Å². The lowest BCUT2D eigenvalue weighted by Gasteiger charge is -2.08. The maximum absolute atomic E-state index is 12.3. The fourth-order valence-corrected chi connectivity index (χ4v) is 3.72. The number of benzene rings is 1. The summed E-state index contributed by atoms with van der Waals surface area (Å²) in [4.78, 5) is 4.67. The summed E-state index contributed by atoms with van der Waals surface area (Å²) in [5.41, 5.74) is 2.05. The molecular formula is C18H21N3O2S. The van der Waals surface area contributed by atoms with Gasteiger partial charge < -0.3 is 4.57 Å². The number of aryl methyl sites for hydroxylation is 2. The van der Waals surface area contributed by atoms with Gasteiger partial charge in [0.15, 0.2) is 0 Å². The second kappa shape index (κ2) is 7.15. The summed E-state index contributed by atoms with van der Waals surface area (Å²) >= 11 is 0. The van der Waals surface area contributed by atoms with Gasteiger partial charge >= 0.3 is 0 Å². The number of sulfonamides is 1. The quantitative estimate of drug-likeness (QED) is 0.671. The van der Waals surface area contributed by atoms with Gasteiger partial charge in [0.1, 0.15) is 5.65 Å². The van der Waals surface area contributed by atoms with Crippen molar-refractivity contribution in [3.05, 3.63) is 60.4 Å². The standard InChI is InChI=1S/C18H21N3O2S/c1-2-15-6-8-17(9-7-15)24(22,23)20-12-4-13-21-14-10-16-5-3-11-19-18(16)21/h3,5-11,14,20H,2,4,12-13H2,1H3. The van der Waals surface area contributed by atoms with Crippen LogP contribution in [0.25, 0.3) is 11.0 Å². The Labute approximate surface area is 142 Å². The zero-order valence-electron chi connectivity index (χ0n) is 13.6. The predicted octanol–water partition coefficient (Wildman–Crippen LogP) is 2.97. The first-order valence-electron chi connectivity index (χ1n) is 8.08. The molecule has 5 nitrogen and oxygen atoms in total. The van der Waals surface area contributed by atoms with Crippen LogP contribution in [0, 0.1) is 0 Å². The van der Waals surface area contributed by atoms with Crippen molar-refractivity contribution in [3.63, 3.8) is 0 Å². The Morgan fingerprint density at radius 2 is 1.92 bits per heavy atom. The average Bonchev–Trinajstić information content (AvgIpc) is 3.02. The normalized spacial score (nSPS) is 11.9. The lowest BCUT2D eigenvalue weighted by atomic mass is 10.2. The Morgan fingerprint density at radius 3 is 2.67 bits per heavy atom. The molecule has 6 heteroatoms. The molecule has 0 aliphatic rings. The SMILES string of the molecule is CCc1ccc(S(=O)(=O)NCCCn2ccc3cccnc32)cc1. The number of nitrogens with zero attached hydrogens (tertiary/aromatic N) is 2. The van der Waals surface area contributed by atoms with Crippen molar-refractivity contribution in [2.75, 3.05) is 6.54 Å². The molecule has 3 rings (SSSR count). The Bertz CT molecular complexity index is 915. The molecule has 2 heterocycles. The lowest BCUT2D eigenvalue weighted by molar-refractivity contribution is 0.571. The van der Waals surface area contributed by atoms with Crippen LogP contribution < -0.4 is 4.72 Å². The van der Waals surface area contributed by atoms with Gasteiger partial charge in [0.2, 0.25) is 10.0 Å². The largest absolute Gasteiger partial charge is 0.332 e. The first-order chi connectivity index (χ1) is 11.6. The summed E-state index contributed by atoms with van der Waals surface area (Å²) in [6, 6.07) is 13.0. The summed E-state index contributed by atoms with van der Waals surface area (Å²) in [7, 11) is -3.44. The van der Waals surface area contributed by atoms with E-state index in [-0.39, 0.29) is 0 Å². The average molecular weight is 343 g/mol. The number of rotatable bonds is 7. The molecule has 0 aliphatic carbocycles. The van der Waals surface area contributed by atoms with Crippen LogP contribution >= 0.6 is 0 Å². The fourth-order valence-electron chi connectivity index (χ4n) is 2.64. The second-order valence-corrected chi connectivity index (χ2v) is 7.44. The molecule has 1 N–H and O–H groups in total. The van der Waals surface area contributed by atoms with Gasteiger partial charge in [-0.25, -0.2) is 18.1 Å². The van der Waals surface area contributed by atoms with Crippen LogP contribution in [0.5, 0.6) is 0 Å². The summed E-state index contributed by atoms with van der Waals surface area (Å²) in [5, 5.41) is 1.09. The van der Waals surface area contributed by atoms with E-state index in [1.54, 1.807) is 18.3 Å². The highest BCUT2D eigenvalue weighted by atomic mass is 32.2. The Morgan fingerprint density at radius 1 is 1.12 bits per heavy atom. The fraction of sp³-hybridized carbons (Fsp3) is 0.278. The van der Waals surface area contributed by atoms with E-state index < -0.39 is 10.0 Å². The topological polar surface area (TPSA) is 64.0 Å². The van der Waals surface area contributed by atoms with Gasteiger partial charge in [-0.2, -0.15) is 0 Å². The number of fused-ring (bicyclic) bond motifs is 1. The van der Waals surface area contributed by atoms with E-state index in [4.69, 9.17) is 0 Å². The molecule has 0 atom stereocenters. The molecule has 126 valence electrons. The van der Waals surface area contributed by atoms with E-state index in [1.807, 2.05) is 48.0 Å². The minimum Gasteiger partial charge on any atom is -0.332 e. The number of hydrogen-bond acceptors (Lipinski definition) is 3. The minimum atomic E-state index is -3.44. The van der Waals surface area contributed by atoms with Gasteiger partial charge in [-0.05, 0) is 48.7 Å². The molecule has 0 amide bonds. The highest BCUT2D eigenvalue weighted by Crippen LogP contribution is 2.13. The lowest BCUT2D eigenvalue weighted by Crippen LogP contribution is -2.25. The van der Waals surface area contributed by atoms with Gasteiger partial charge in [0.25, 0.3) is 0 Å². The monoisotopic (exact) mass is 343 g/mol. The molecule has 3 aromatic rings. The molecule has 0 radical (unpaired) electrons. The molecule has 0 unspecified atom stereocenters. The van der Waals surface area contributed by atoms with Crippen molar-refractivity contribution in [2.45, 2.75) is 31.2 Å². The molecule has 1 aromatic carbocycles. The van der Waals surface area contributed by atoms with Gasteiger partial charge in [-0.1, -0.05) is 19.1 Å². The third kappa shape index (κ3) is 3.66. The minimum absolute atomic E-state index is 0.313. The van der Waals surface area contributed by atoms with E-state index in [1.165, 1.54) is 0 Å². The van der Waals surface area contributed by atoms with Crippen LogP contribution in [0.4, 0.5) is 0 Å². The van der Waals surface area contributed by atoms with Crippen molar-refractivity contribution in [1.29, 1.82) is 0 Å². The Balaban J connectivity index is 1.57. The van der Waals surface area contributed by atoms with Crippen LogP contribution in [0.3, 0.4) is 0 Å². The van der Waals surface area contributed by atoms with E-state index in [0.717, 1.165) is 29.6 Å². The maximum atomic E-state index is 12.3. The maximum Gasteiger partial charge on any atom is 0.240 e. The summed E-state index contributed by atoms with van der Waals surface area (Å²) < 4.78 is 29.3. The van der Waals surface area contributed by atoms with Crippen LogP contribution in [-0.2, 0) is 23.0 Å². The highest BCUT2D eigenvalue weighted by Gasteiger charge is 2.12. The first kappa shape index (κ1) is 16.7. The van der Waals surface area contributed by atoms with E-state index >= 15 is 0 Å². The number of hydrogen-bond donors (Lipinski definition) is 1. The molecule has 2 aromatic heterocycles. The number of nitrogens with one attached hydrogen (secondary N) is 1. The highest BCUT2D eigenvalue weighted by molar-refractivity contribution is 7.89. The zero-order valence-corrected chi connectivity index (χ0v) is 14.5. The van der Waals surface area contributed by atoms with Gasteiger partial charge in [-0.3, -0.25) is 0 Å². The van der Waals surface area contributed by atoms with Crippen molar-refractivity contribution in [1.82, 2.24) is 14.3 Å². The summed E-state index contributed by atoms with van der Waals surface area (Å²) in [5.74, 6) is 0. The van der Waals surface area contributed by atoms with Gasteiger partial charge in [-0.15, -0.1) is 0 Å². The van der Waals surface area contributed by atoms with Crippen LogP contribution in [0.15, 0.2) is 59.8 Å². The molecule has 0 saturated carbocycles.